The van der Waals surface area contributed by atoms with Gasteiger partial charge in [0.25, 0.3) is 0 Å². The standard InChI is InChI=1S/C23H32N4O2/c28-22-8-4-7-21-19-13-18(15-27(21)22)14-24(16-19)17-23(29)26-11-9-25(10-12-26)20-5-2-1-3-6-20/h1-3,5-6,18-19,21H,4,7-17H2/t18-,19-,21-/m1/s1. The molecule has 0 saturated carbocycles. The first-order valence-corrected chi connectivity index (χ1v) is 11.3. The Morgan fingerprint density at radius 3 is 2.59 bits per heavy atom. The largest absolute Gasteiger partial charge is 0.368 e. The Balaban J connectivity index is 1.15. The Morgan fingerprint density at radius 2 is 1.79 bits per heavy atom. The van der Waals surface area contributed by atoms with Crippen LogP contribution in [0.5, 0.6) is 0 Å². The third-order valence-corrected chi connectivity index (χ3v) is 7.37. The van der Waals surface area contributed by atoms with Gasteiger partial charge < -0.3 is 14.7 Å². The molecule has 6 heteroatoms. The number of hydrogen-bond donors (Lipinski definition) is 0. The van der Waals surface area contributed by atoms with Crippen LogP contribution in [0, 0.1) is 11.8 Å². The summed E-state index contributed by atoms with van der Waals surface area (Å²) in [6.45, 7) is 6.79. The average Bonchev–Trinajstić information content (AvgIpc) is 2.75. The van der Waals surface area contributed by atoms with Crippen LogP contribution in [0.15, 0.2) is 30.3 Å². The summed E-state index contributed by atoms with van der Waals surface area (Å²) in [6, 6.07) is 10.9. The monoisotopic (exact) mass is 396 g/mol. The maximum Gasteiger partial charge on any atom is 0.236 e. The number of likely N-dealkylation sites (tertiary alicyclic amines) is 1. The Kier molecular flexibility index (Phi) is 5.20. The molecule has 0 unspecified atom stereocenters. The van der Waals surface area contributed by atoms with E-state index in [-0.39, 0.29) is 5.91 Å². The highest BCUT2D eigenvalue weighted by molar-refractivity contribution is 5.79. The van der Waals surface area contributed by atoms with E-state index < -0.39 is 0 Å². The van der Waals surface area contributed by atoms with Gasteiger partial charge in [0.2, 0.25) is 11.8 Å². The summed E-state index contributed by atoms with van der Waals surface area (Å²) in [6.07, 6.45) is 4.14. The Labute approximate surface area is 173 Å². The number of hydrogen-bond acceptors (Lipinski definition) is 4. The molecular formula is C23H32N4O2. The van der Waals surface area contributed by atoms with Crippen molar-refractivity contribution < 1.29 is 9.59 Å². The van der Waals surface area contributed by atoms with Crippen LogP contribution in [0.4, 0.5) is 5.69 Å². The molecule has 4 saturated heterocycles. The highest BCUT2D eigenvalue weighted by Crippen LogP contribution is 2.37. The van der Waals surface area contributed by atoms with Gasteiger partial charge in [0, 0.05) is 64.0 Å². The van der Waals surface area contributed by atoms with Crippen molar-refractivity contribution in [3.05, 3.63) is 30.3 Å². The molecule has 2 amide bonds. The number of amides is 2. The van der Waals surface area contributed by atoms with Crippen molar-refractivity contribution in [1.29, 1.82) is 0 Å². The van der Waals surface area contributed by atoms with Gasteiger partial charge in [0.05, 0.1) is 6.54 Å². The maximum absolute atomic E-state index is 13.0. The maximum atomic E-state index is 13.0. The van der Waals surface area contributed by atoms with Gasteiger partial charge in [0.1, 0.15) is 0 Å². The fourth-order valence-corrected chi connectivity index (χ4v) is 5.99. The number of fused-ring (bicyclic) bond motifs is 4. The highest BCUT2D eigenvalue weighted by Gasteiger charge is 2.44. The SMILES string of the molecule is O=C(CN1C[C@H]2C[C@H](C1)[C@H]1CCCC(=O)N1C2)N1CCN(c2ccccc2)CC1. The first-order chi connectivity index (χ1) is 14.2. The van der Waals surface area contributed by atoms with Crippen LogP contribution in [0.3, 0.4) is 0 Å². The molecule has 6 nitrogen and oxygen atoms in total. The van der Waals surface area contributed by atoms with Crippen molar-refractivity contribution in [2.24, 2.45) is 11.8 Å². The zero-order valence-electron chi connectivity index (χ0n) is 17.2. The molecule has 1 aromatic rings. The van der Waals surface area contributed by atoms with Gasteiger partial charge in [-0.3, -0.25) is 14.5 Å². The summed E-state index contributed by atoms with van der Waals surface area (Å²) >= 11 is 0. The molecular weight excluding hydrogens is 364 g/mol. The molecule has 0 radical (unpaired) electrons. The van der Waals surface area contributed by atoms with E-state index in [1.165, 1.54) is 12.1 Å². The van der Waals surface area contributed by atoms with Crippen LogP contribution < -0.4 is 4.90 Å². The van der Waals surface area contributed by atoms with E-state index >= 15 is 0 Å². The first-order valence-electron chi connectivity index (χ1n) is 11.3. The average molecular weight is 397 g/mol. The second-order valence-electron chi connectivity index (χ2n) is 9.26. The van der Waals surface area contributed by atoms with Crippen LogP contribution in [0.2, 0.25) is 0 Å². The lowest BCUT2D eigenvalue weighted by atomic mass is 9.76. The third kappa shape index (κ3) is 3.87. The van der Waals surface area contributed by atoms with Crippen molar-refractivity contribution in [2.45, 2.75) is 31.7 Å². The van der Waals surface area contributed by atoms with E-state index in [9.17, 15) is 9.59 Å². The van der Waals surface area contributed by atoms with Crippen LogP contribution >= 0.6 is 0 Å². The fraction of sp³-hybridized carbons (Fsp3) is 0.652. The number of anilines is 1. The Hall–Kier alpha value is -2.08. The Bertz CT molecular complexity index is 747. The fourth-order valence-electron chi connectivity index (χ4n) is 5.99. The molecule has 1 aromatic carbocycles. The van der Waals surface area contributed by atoms with Gasteiger partial charge in [-0.25, -0.2) is 0 Å². The molecule has 4 heterocycles. The molecule has 5 rings (SSSR count). The molecule has 2 bridgehead atoms. The van der Waals surface area contributed by atoms with Crippen LogP contribution in [0.1, 0.15) is 25.7 Å². The zero-order chi connectivity index (χ0) is 19.8. The zero-order valence-corrected chi connectivity index (χ0v) is 17.2. The molecule has 156 valence electrons. The summed E-state index contributed by atoms with van der Waals surface area (Å²) in [5.41, 5.74) is 1.25. The molecule has 4 aliphatic heterocycles. The lowest BCUT2D eigenvalue weighted by molar-refractivity contribution is -0.146. The minimum Gasteiger partial charge on any atom is -0.368 e. The molecule has 4 aliphatic rings. The number of para-hydroxylation sites is 1. The normalized spacial score (nSPS) is 30.3. The summed E-state index contributed by atoms with van der Waals surface area (Å²) in [5.74, 6) is 1.72. The van der Waals surface area contributed by atoms with E-state index in [4.69, 9.17) is 0 Å². The predicted molar refractivity (Wildman–Crippen MR) is 113 cm³/mol. The molecule has 0 N–H and O–H groups in total. The lowest BCUT2D eigenvalue weighted by Gasteiger charge is -2.52. The van der Waals surface area contributed by atoms with Crippen molar-refractivity contribution in [3.8, 4) is 0 Å². The lowest BCUT2D eigenvalue weighted by Crippen LogP contribution is -2.61. The number of rotatable bonds is 3. The molecule has 0 aromatic heterocycles. The number of nitrogens with zero attached hydrogens (tertiary/aromatic N) is 4. The summed E-state index contributed by atoms with van der Waals surface area (Å²) < 4.78 is 0. The molecule has 29 heavy (non-hydrogen) atoms. The van der Waals surface area contributed by atoms with Crippen LogP contribution in [-0.2, 0) is 9.59 Å². The number of carbonyl (C=O) groups excluding carboxylic acids is 2. The van der Waals surface area contributed by atoms with Crippen LogP contribution in [-0.4, -0.2) is 84.9 Å². The van der Waals surface area contributed by atoms with Gasteiger partial charge >= 0.3 is 0 Å². The highest BCUT2D eigenvalue weighted by atomic mass is 16.2. The third-order valence-electron chi connectivity index (χ3n) is 7.37. The number of carbonyl (C=O) groups is 2. The number of benzene rings is 1. The predicted octanol–water partition coefficient (Wildman–Crippen LogP) is 1.67. The van der Waals surface area contributed by atoms with E-state index in [0.29, 0.717) is 30.3 Å². The molecule has 4 fully saturated rings. The second kappa shape index (κ2) is 7.98. The van der Waals surface area contributed by atoms with E-state index in [0.717, 1.165) is 65.1 Å². The topological polar surface area (TPSA) is 47.1 Å². The Morgan fingerprint density at radius 1 is 1.00 bits per heavy atom. The summed E-state index contributed by atoms with van der Waals surface area (Å²) in [7, 11) is 0. The summed E-state index contributed by atoms with van der Waals surface area (Å²) in [4.78, 5) is 34.2. The first kappa shape index (κ1) is 18.9. The van der Waals surface area contributed by atoms with Gasteiger partial charge in [0.15, 0.2) is 0 Å². The van der Waals surface area contributed by atoms with Crippen molar-refractivity contribution >= 4 is 17.5 Å². The number of piperidine rings is 3. The minimum atomic E-state index is 0.272. The van der Waals surface area contributed by atoms with Gasteiger partial charge in [-0.05, 0) is 43.2 Å². The van der Waals surface area contributed by atoms with Crippen molar-refractivity contribution in [1.82, 2.24) is 14.7 Å². The van der Waals surface area contributed by atoms with Gasteiger partial charge in [-0.15, -0.1) is 0 Å². The van der Waals surface area contributed by atoms with Crippen molar-refractivity contribution in [3.63, 3.8) is 0 Å². The quantitative estimate of drug-likeness (QED) is 0.780. The summed E-state index contributed by atoms with van der Waals surface area (Å²) in [5, 5.41) is 0. The van der Waals surface area contributed by atoms with Crippen molar-refractivity contribution in [2.75, 3.05) is 57.3 Å². The smallest absolute Gasteiger partial charge is 0.236 e. The van der Waals surface area contributed by atoms with E-state index in [1.54, 1.807) is 0 Å². The van der Waals surface area contributed by atoms with Gasteiger partial charge in [-0.2, -0.15) is 0 Å². The molecule has 0 spiro atoms. The second-order valence-corrected chi connectivity index (χ2v) is 9.26. The van der Waals surface area contributed by atoms with E-state index in [1.807, 2.05) is 11.0 Å². The van der Waals surface area contributed by atoms with Gasteiger partial charge in [-0.1, -0.05) is 18.2 Å². The minimum absolute atomic E-state index is 0.272. The molecule has 3 atom stereocenters. The van der Waals surface area contributed by atoms with Crippen LogP contribution in [0.25, 0.3) is 0 Å². The number of piperazine rings is 1. The molecule has 0 aliphatic carbocycles. The van der Waals surface area contributed by atoms with E-state index in [2.05, 4.69) is 39.0 Å².